The smallest absolute Gasteiger partial charge is 0.337 e. The van der Waals surface area contributed by atoms with Gasteiger partial charge in [-0.05, 0) is 37.3 Å². The van der Waals surface area contributed by atoms with E-state index in [4.69, 9.17) is 0 Å². The third-order valence-electron chi connectivity index (χ3n) is 5.19. The van der Waals surface area contributed by atoms with E-state index in [-0.39, 0.29) is 16.5 Å². The Morgan fingerprint density at radius 3 is 2.41 bits per heavy atom. The number of hydrogen-bond donors (Lipinski definition) is 1. The van der Waals surface area contributed by atoms with E-state index >= 15 is 0 Å². The number of para-hydroxylation sites is 1. The van der Waals surface area contributed by atoms with Crippen LogP contribution in [0.5, 0.6) is 0 Å². The van der Waals surface area contributed by atoms with Crippen molar-refractivity contribution in [2.45, 2.75) is 17.9 Å². The Hall–Kier alpha value is -2.42. The quantitative estimate of drug-likeness (QED) is 0.694. The molecule has 0 spiro atoms. The highest BCUT2D eigenvalue weighted by atomic mass is 32.2. The number of nitrogens with one attached hydrogen (secondary N) is 1. The Labute approximate surface area is 172 Å². The number of nitrogens with zero attached hydrogens (tertiary/aromatic N) is 2. The highest BCUT2D eigenvalue weighted by Gasteiger charge is 2.23. The zero-order valence-corrected chi connectivity index (χ0v) is 17.6. The summed E-state index contributed by atoms with van der Waals surface area (Å²) in [5.74, 6) is -0.563. The average Bonchev–Trinajstić information content (AvgIpc) is 2.77. The van der Waals surface area contributed by atoms with Crippen LogP contribution < -0.4 is 9.62 Å². The number of methoxy groups -OCH3 is 1. The first-order valence-electron chi connectivity index (χ1n) is 9.63. The minimum Gasteiger partial charge on any atom is -0.465 e. The minimum absolute atomic E-state index is 0.0569. The van der Waals surface area contributed by atoms with Crippen molar-refractivity contribution < 1.29 is 17.9 Å². The van der Waals surface area contributed by atoms with Gasteiger partial charge in [-0.2, -0.15) is 0 Å². The van der Waals surface area contributed by atoms with Gasteiger partial charge in [0.05, 0.1) is 17.6 Å². The van der Waals surface area contributed by atoms with Crippen LogP contribution >= 0.6 is 0 Å². The fourth-order valence-corrected chi connectivity index (χ4v) is 4.58. The van der Waals surface area contributed by atoms with E-state index in [2.05, 4.69) is 31.4 Å². The Kier molecular flexibility index (Phi) is 6.89. The van der Waals surface area contributed by atoms with Crippen molar-refractivity contribution in [3.8, 4) is 0 Å². The first kappa shape index (κ1) is 21.3. The third-order valence-corrected chi connectivity index (χ3v) is 6.61. The molecule has 0 aliphatic carbocycles. The van der Waals surface area contributed by atoms with Crippen LogP contribution in [-0.2, 0) is 14.8 Å². The molecule has 3 rings (SSSR count). The molecule has 156 valence electrons. The average molecular weight is 418 g/mol. The maximum atomic E-state index is 12.6. The Balaban J connectivity index is 1.55. The Bertz CT molecular complexity index is 926. The molecule has 0 amide bonds. The number of ether oxygens (including phenoxy) is 1. The molecule has 1 heterocycles. The largest absolute Gasteiger partial charge is 0.465 e. The van der Waals surface area contributed by atoms with Crippen molar-refractivity contribution in [3.05, 3.63) is 60.2 Å². The van der Waals surface area contributed by atoms with Crippen molar-refractivity contribution in [1.29, 1.82) is 0 Å². The first-order chi connectivity index (χ1) is 13.9. The molecule has 1 N–H and O–H groups in total. The van der Waals surface area contributed by atoms with E-state index in [9.17, 15) is 13.2 Å². The number of carbonyl (C=O) groups is 1. The monoisotopic (exact) mass is 417 g/mol. The molecule has 7 nitrogen and oxygen atoms in total. The van der Waals surface area contributed by atoms with Crippen molar-refractivity contribution >= 4 is 21.7 Å². The molecule has 0 unspecified atom stereocenters. The fraction of sp³-hybridized carbons (Fsp3) is 0.381. The van der Waals surface area contributed by atoms with Gasteiger partial charge >= 0.3 is 5.97 Å². The fourth-order valence-electron chi connectivity index (χ4n) is 3.41. The summed E-state index contributed by atoms with van der Waals surface area (Å²) >= 11 is 0. The zero-order valence-electron chi connectivity index (χ0n) is 16.7. The topological polar surface area (TPSA) is 78.9 Å². The van der Waals surface area contributed by atoms with Gasteiger partial charge in [0.2, 0.25) is 10.0 Å². The molecule has 0 bridgehead atoms. The molecular formula is C21H27N3O4S. The van der Waals surface area contributed by atoms with E-state index in [1.54, 1.807) is 0 Å². The number of benzene rings is 2. The van der Waals surface area contributed by atoms with E-state index < -0.39 is 16.0 Å². The molecule has 0 saturated carbocycles. The molecule has 1 aliphatic heterocycles. The summed E-state index contributed by atoms with van der Waals surface area (Å²) in [5.41, 5.74) is 1.42. The number of carbonyl (C=O) groups excluding carboxylic acids is 1. The maximum absolute atomic E-state index is 12.6. The normalized spacial score (nSPS) is 16.4. The van der Waals surface area contributed by atoms with Crippen LogP contribution in [0.15, 0.2) is 59.5 Å². The van der Waals surface area contributed by atoms with Crippen molar-refractivity contribution in [2.75, 3.05) is 44.7 Å². The molecule has 0 radical (unpaired) electrons. The molecular weight excluding hydrogens is 390 g/mol. The number of sulfonamides is 1. The van der Waals surface area contributed by atoms with Gasteiger partial charge in [-0.25, -0.2) is 17.9 Å². The number of hydrogen-bond acceptors (Lipinski definition) is 6. The predicted octanol–water partition coefficient (Wildman–Crippen LogP) is 1.96. The highest BCUT2D eigenvalue weighted by molar-refractivity contribution is 7.89. The molecule has 8 heteroatoms. The van der Waals surface area contributed by atoms with Gasteiger partial charge in [0, 0.05) is 44.5 Å². The van der Waals surface area contributed by atoms with Crippen LogP contribution in [0.4, 0.5) is 5.69 Å². The molecule has 1 aliphatic rings. The summed E-state index contributed by atoms with van der Waals surface area (Å²) in [6.07, 6.45) is 0. The van der Waals surface area contributed by atoms with Gasteiger partial charge in [0.25, 0.3) is 0 Å². The lowest BCUT2D eigenvalue weighted by atomic mass is 10.2. The van der Waals surface area contributed by atoms with Crippen molar-refractivity contribution in [1.82, 2.24) is 9.62 Å². The van der Waals surface area contributed by atoms with E-state index in [1.165, 1.54) is 37.1 Å². The summed E-state index contributed by atoms with van der Waals surface area (Å²) in [4.78, 5) is 16.3. The SMILES string of the molecule is COC(=O)c1cccc(S(=O)(=O)NC[C@H](C)N2CCN(c3ccccc3)CC2)c1. The van der Waals surface area contributed by atoms with Crippen LogP contribution in [0.25, 0.3) is 0 Å². The lowest BCUT2D eigenvalue weighted by molar-refractivity contribution is 0.0600. The summed E-state index contributed by atoms with van der Waals surface area (Å²) in [5, 5.41) is 0. The molecule has 0 aromatic heterocycles. The molecule has 1 saturated heterocycles. The van der Waals surface area contributed by atoms with Crippen LogP contribution in [0.2, 0.25) is 0 Å². The zero-order chi connectivity index (χ0) is 20.9. The summed E-state index contributed by atoms with van der Waals surface area (Å²) in [6, 6.07) is 16.2. The second-order valence-corrected chi connectivity index (χ2v) is 8.85. The summed E-state index contributed by atoms with van der Waals surface area (Å²) in [7, 11) is -2.44. The highest BCUT2D eigenvalue weighted by Crippen LogP contribution is 2.17. The lowest BCUT2D eigenvalue weighted by Crippen LogP contribution is -2.52. The molecule has 1 fully saturated rings. The number of esters is 1. The van der Waals surface area contributed by atoms with Gasteiger partial charge in [-0.3, -0.25) is 4.90 Å². The summed E-state index contributed by atoms with van der Waals surface area (Å²) < 4.78 is 32.6. The van der Waals surface area contributed by atoms with Crippen LogP contribution in [0.1, 0.15) is 17.3 Å². The Morgan fingerprint density at radius 1 is 1.07 bits per heavy atom. The second-order valence-electron chi connectivity index (χ2n) is 7.08. The van der Waals surface area contributed by atoms with Crippen molar-refractivity contribution in [3.63, 3.8) is 0 Å². The van der Waals surface area contributed by atoms with Gasteiger partial charge in [-0.15, -0.1) is 0 Å². The van der Waals surface area contributed by atoms with E-state index in [0.29, 0.717) is 6.54 Å². The number of piperazine rings is 1. The first-order valence-corrected chi connectivity index (χ1v) is 11.1. The third kappa shape index (κ3) is 5.35. The Morgan fingerprint density at radius 2 is 1.76 bits per heavy atom. The van der Waals surface area contributed by atoms with Crippen LogP contribution in [-0.4, -0.2) is 65.2 Å². The van der Waals surface area contributed by atoms with E-state index in [1.807, 2.05) is 25.1 Å². The number of rotatable bonds is 7. The second kappa shape index (κ2) is 9.39. The molecule has 29 heavy (non-hydrogen) atoms. The molecule has 2 aromatic rings. The molecule has 1 atom stereocenters. The van der Waals surface area contributed by atoms with Crippen LogP contribution in [0.3, 0.4) is 0 Å². The standard InChI is InChI=1S/C21H27N3O4S/c1-17(23-11-13-24(14-12-23)19-8-4-3-5-9-19)16-22-29(26,27)20-10-6-7-18(15-20)21(25)28-2/h3-10,15,17,22H,11-14,16H2,1-2H3/t17-/m0/s1. The van der Waals surface area contributed by atoms with Gasteiger partial charge in [0.15, 0.2) is 0 Å². The summed E-state index contributed by atoms with van der Waals surface area (Å²) in [6.45, 7) is 5.87. The lowest BCUT2D eigenvalue weighted by Gasteiger charge is -2.39. The maximum Gasteiger partial charge on any atom is 0.337 e. The van der Waals surface area contributed by atoms with Gasteiger partial charge in [-0.1, -0.05) is 24.3 Å². The van der Waals surface area contributed by atoms with E-state index in [0.717, 1.165) is 26.2 Å². The molecule has 2 aromatic carbocycles. The van der Waals surface area contributed by atoms with Crippen molar-refractivity contribution in [2.24, 2.45) is 0 Å². The van der Waals surface area contributed by atoms with Gasteiger partial charge < -0.3 is 9.64 Å². The van der Waals surface area contributed by atoms with Crippen LogP contribution in [0, 0.1) is 0 Å². The van der Waals surface area contributed by atoms with Gasteiger partial charge in [0.1, 0.15) is 0 Å². The predicted molar refractivity (Wildman–Crippen MR) is 113 cm³/mol. The minimum atomic E-state index is -3.71. The number of anilines is 1.